The van der Waals surface area contributed by atoms with Crippen molar-refractivity contribution in [3.63, 3.8) is 0 Å². The molecule has 1 aliphatic heterocycles. The summed E-state index contributed by atoms with van der Waals surface area (Å²) in [5, 5.41) is 0. The lowest BCUT2D eigenvalue weighted by Crippen LogP contribution is -2.42. The minimum atomic E-state index is -0.240. The molecule has 1 atom stereocenters. The molecule has 1 aromatic rings. The first kappa shape index (κ1) is 15.5. The number of halogens is 2. The van der Waals surface area contributed by atoms with Crippen LogP contribution in [0.1, 0.15) is 23.2 Å². The number of carbonyl (C=O) groups is 2. The summed E-state index contributed by atoms with van der Waals surface area (Å²) in [6.07, 6.45) is 1.59. The third kappa shape index (κ3) is 3.41. The molecule has 108 valence electrons. The number of hydrogen-bond donors (Lipinski definition) is 0. The Labute approximate surface area is 134 Å². The topological polar surface area (TPSA) is 46.6 Å². The summed E-state index contributed by atoms with van der Waals surface area (Å²) in [6, 6.07) is 5.49. The van der Waals surface area contributed by atoms with Crippen LogP contribution in [0.25, 0.3) is 0 Å². The standard InChI is InChI=1S/C14H15Br2NO3/c1-20-14(19)9-3-2-6-17(8-9)13(18)11-7-10(15)4-5-12(11)16/h4-5,7,9H,2-3,6,8H2,1H3/t9-/m0/s1. The van der Waals surface area contributed by atoms with E-state index >= 15 is 0 Å². The van der Waals surface area contributed by atoms with Gasteiger partial charge in [0.05, 0.1) is 18.6 Å². The molecule has 0 spiro atoms. The van der Waals surface area contributed by atoms with Gasteiger partial charge < -0.3 is 9.64 Å². The average molecular weight is 405 g/mol. The van der Waals surface area contributed by atoms with E-state index in [-0.39, 0.29) is 17.8 Å². The predicted octanol–water partition coefficient (Wildman–Crippen LogP) is 3.24. The highest BCUT2D eigenvalue weighted by molar-refractivity contribution is 9.11. The van der Waals surface area contributed by atoms with Crippen LogP contribution in [0, 0.1) is 5.92 Å². The average Bonchev–Trinajstić information content (AvgIpc) is 2.48. The highest BCUT2D eigenvalue weighted by Crippen LogP contribution is 2.25. The summed E-state index contributed by atoms with van der Waals surface area (Å²) in [5.41, 5.74) is 0.602. The van der Waals surface area contributed by atoms with Crippen LogP contribution in [0.2, 0.25) is 0 Å². The number of esters is 1. The van der Waals surface area contributed by atoms with Gasteiger partial charge in [-0.2, -0.15) is 0 Å². The normalized spacial score (nSPS) is 18.8. The van der Waals surface area contributed by atoms with Gasteiger partial charge in [-0.25, -0.2) is 0 Å². The van der Waals surface area contributed by atoms with Crippen molar-refractivity contribution in [3.8, 4) is 0 Å². The molecule has 0 saturated carbocycles. The fourth-order valence-electron chi connectivity index (χ4n) is 2.35. The lowest BCUT2D eigenvalue weighted by molar-refractivity contribution is -0.146. The van der Waals surface area contributed by atoms with Crippen LogP contribution in [-0.2, 0) is 9.53 Å². The molecule has 1 amide bonds. The van der Waals surface area contributed by atoms with Gasteiger partial charge in [0.2, 0.25) is 0 Å². The number of likely N-dealkylation sites (tertiary alicyclic amines) is 1. The van der Waals surface area contributed by atoms with Crippen LogP contribution in [0.15, 0.2) is 27.1 Å². The van der Waals surface area contributed by atoms with Gasteiger partial charge in [0.1, 0.15) is 0 Å². The third-order valence-corrected chi connectivity index (χ3v) is 4.59. The van der Waals surface area contributed by atoms with Crippen molar-refractivity contribution in [2.24, 2.45) is 5.92 Å². The molecule has 0 unspecified atom stereocenters. The molecule has 1 saturated heterocycles. The third-order valence-electron chi connectivity index (χ3n) is 3.40. The number of amides is 1. The highest BCUT2D eigenvalue weighted by Gasteiger charge is 2.30. The second kappa shape index (κ2) is 6.72. The van der Waals surface area contributed by atoms with Gasteiger partial charge in [-0.15, -0.1) is 0 Å². The molecule has 1 fully saturated rings. The maximum Gasteiger partial charge on any atom is 0.310 e. The molecule has 4 nitrogen and oxygen atoms in total. The summed E-state index contributed by atoms with van der Waals surface area (Å²) in [7, 11) is 1.38. The van der Waals surface area contributed by atoms with Gasteiger partial charge in [0.15, 0.2) is 0 Å². The first-order valence-corrected chi connectivity index (χ1v) is 7.93. The maximum atomic E-state index is 12.6. The summed E-state index contributed by atoms with van der Waals surface area (Å²) >= 11 is 6.76. The molecule has 20 heavy (non-hydrogen) atoms. The van der Waals surface area contributed by atoms with Crippen molar-refractivity contribution >= 4 is 43.7 Å². The Kier molecular flexibility index (Phi) is 5.21. The molecule has 0 N–H and O–H groups in total. The van der Waals surface area contributed by atoms with E-state index in [4.69, 9.17) is 4.74 Å². The second-order valence-electron chi connectivity index (χ2n) is 4.74. The van der Waals surface area contributed by atoms with Crippen LogP contribution in [0.4, 0.5) is 0 Å². The Bertz CT molecular complexity index is 533. The largest absolute Gasteiger partial charge is 0.469 e. The molecule has 6 heteroatoms. The number of piperidine rings is 1. The van der Waals surface area contributed by atoms with E-state index in [1.165, 1.54) is 7.11 Å². The lowest BCUT2D eigenvalue weighted by atomic mass is 9.97. The molecular weight excluding hydrogens is 390 g/mol. The molecule has 0 radical (unpaired) electrons. The Morgan fingerprint density at radius 1 is 1.35 bits per heavy atom. The van der Waals surface area contributed by atoms with E-state index in [9.17, 15) is 9.59 Å². The summed E-state index contributed by atoms with van der Waals surface area (Å²) in [5.74, 6) is -0.522. The van der Waals surface area contributed by atoms with Gasteiger partial charge in [-0.05, 0) is 47.0 Å². The van der Waals surface area contributed by atoms with Crippen LogP contribution in [0.3, 0.4) is 0 Å². The van der Waals surface area contributed by atoms with E-state index in [1.807, 2.05) is 12.1 Å². The summed E-state index contributed by atoms with van der Waals surface area (Å²) in [4.78, 5) is 25.9. The predicted molar refractivity (Wildman–Crippen MR) is 82.5 cm³/mol. The summed E-state index contributed by atoms with van der Waals surface area (Å²) in [6.45, 7) is 1.09. The lowest BCUT2D eigenvalue weighted by Gasteiger charge is -2.31. The van der Waals surface area contributed by atoms with Crippen molar-refractivity contribution in [1.82, 2.24) is 4.90 Å². The zero-order valence-electron chi connectivity index (χ0n) is 11.1. The van der Waals surface area contributed by atoms with Crippen molar-refractivity contribution in [2.45, 2.75) is 12.8 Å². The first-order valence-electron chi connectivity index (χ1n) is 6.35. The fourth-order valence-corrected chi connectivity index (χ4v) is 3.13. The van der Waals surface area contributed by atoms with Gasteiger partial charge >= 0.3 is 5.97 Å². The quantitative estimate of drug-likeness (QED) is 0.711. The summed E-state index contributed by atoms with van der Waals surface area (Å²) < 4.78 is 6.38. The zero-order valence-corrected chi connectivity index (χ0v) is 14.2. The molecule has 0 bridgehead atoms. The molecule has 0 aromatic heterocycles. The van der Waals surface area contributed by atoms with E-state index in [0.717, 1.165) is 21.8 Å². The number of methoxy groups -OCH3 is 1. The van der Waals surface area contributed by atoms with Crippen molar-refractivity contribution in [3.05, 3.63) is 32.7 Å². The maximum absolute atomic E-state index is 12.6. The Morgan fingerprint density at radius 2 is 2.10 bits per heavy atom. The number of carbonyl (C=O) groups excluding carboxylic acids is 2. The highest BCUT2D eigenvalue weighted by atomic mass is 79.9. The van der Waals surface area contributed by atoms with Crippen LogP contribution in [-0.4, -0.2) is 37.0 Å². The smallest absolute Gasteiger partial charge is 0.310 e. The molecular formula is C14H15Br2NO3. The Morgan fingerprint density at radius 3 is 2.80 bits per heavy atom. The molecule has 0 aliphatic carbocycles. The number of nitrogens with zero attached hydrogens (tertiary/aromatic N) is 1. The van der Waals surface area contributed by atoms with Gasteiger partial charge in [0, 0.05) is 22.0 Å². The van der Waals surface area contributed by atoms with Crippen molar-refractivity contribution in [1.29, 1.82) is 0 Å². The zero-order chi connectivity index (χ0) is 14.7. The van der Waals surface area contributed by atoms with E-state index < -0.39 is 0 Å². The molecule has 2 rings (SSSR count). The van der Waals surface area contributed by atoms with Gasteiger partial charge in [0.25, 0.3) is 5.91 Å². The minimum Gasteiger partial charge on any atom is -0.469 e. The van der Waals surface area contributed by atoms with E-state index in [0.29, 0.717) is 18.7 Å². The number of rotatable bonds is 2. The van der Waals surface area contributed by atoms with Crippen molar-refractivity contribution < 1.29 is 14.3 Å². The van der Waals surface area contributed by atoms with Gasteiger partial charge in [-0.3, -0.25) is 9.59 Å². The van der Waals surface area contributed by atoms with E-state index in [2.05, 4.69) is 31.9 Å². The second-order valence-corrected chi connectivity index (χ2v) is 6.51. The number of benzene rings is 1. The van der Waals surface area contributed by atoms with Crippen LogP contribution >= 0.6 is 31.9 Å². The Balaban J connectivity index is 2.16. The molecule has 1 heterocycles. The van der Waals surface area contributed by atoms with Gasteiger partial charge in [-0.1, -0.05) is 15.9 Å². The SMILES string of the molecule is COC(=O)[C@H]1CCCN(C(=O)c2cc(Br)ccc2Br)C1. The molecule has 1 aromatic carbocycles. The van der Waals surface area contributed by atoms with E-state index in [1.54, 1.807) is 11.0 Å². The number of hydrogen-bond acceptors (Lipinski definition) is 3. The first-order chi connectivity index (χ1) is 9.52. The monoisotopic (exact) mass is 403 g/mol. The Hall–Kier alpha value is -0.880. The molecule has 1 aliphatic rings. The van der Waals surface area contributed by atoms with Crippen LogP contribution < -0.4 is 0 Å². The number of ether oxygens (including phenoxy) is 1. The van der Waals surface area contributed by atoms with Crippen molar-refractivity contribution in [2.75, 3.05) is 20.2 Å². The minimum absolute atomic E-state index is 0.0632. The fraction of sp³-hybridized carbons (Fsp3) is 0.429. The van der Waals surface area contributed by atoms with Crippen LogP contribution in [0.5, 0.6) is 0 Å².